The van der Waals surface area contributed by atoms with E-state index in [1.807, 2.05) is 66.7 Å². The topological polar surface area (TPSA) is 36.1 Å². The Kier molecular flexibility index (Phi) is 4.03. The second kappa shape index (κ2) is 6.47. The molecule has 1 heterocycles. The fourth-order valence-electron chi connectivity index (χ4n) is 2.10. The Morgan fingerprint density at radius 2 is 1.50 bits per heavy atom. The molecule has 0 bridgehead atoms. The monoisotopic (exact) mass is 286 g/mol. The summed E-state index contributed by atoms with van der Waals surface area (Å²) < 4.78 is 0. The van der Waals surface area contributed by atoms with Crippen LogP contribution in [0.1, 0.15) is 11.1 Å². The quantitative estimate of drug-likeness (QED) is 0.578. The molecule has 3 aromatic rings. The van der Waals surface area contributed by atoms with E-state index in [-0.39, 0.29) is 0 Å². The minimum Gasteiger partial charge on any atom is -0.348 e. The molecule has 0 aliphatic rings. The van der Waals surface area contributed by atoms with E-state index >= 15 is 0 Å². The summed E-state index contributed by atoms with van der Waals surface area (Å²) in [5.74, 6) is 6.96. The van der Waals surface area contributed by atoms with Crippen molar-refractivity contribution in [2.45, 2.75) is 0 Å². The molecule has 0 saturated heterocycles. The maximum atomic E-state index is 11.3. The molecule has 2 aromatic carbocycles. The van der Waals surface area contributed by atoms with Crippen LogP contribution >= 0.6 is 0 Å². The Morgan fingerprint density at radius 3 is 2.09 bits per heavy atom. The van der Waals surface area contributed by atoms with Crippen molar-refractivity contribution in [1.29, 1.82) is 0 Å². The van der Waals surface area contributed by atoms with Crippen LogP contribution in [-0.2, 0) is 4.79 Å². The lowest BCUT2D eigenvalue weighted by Crippen LogP contribution is -2.14. The van der Waals surface area contributed by atoms with Gasteiger partial charge in [-0.25, -0.2) is 0 Å². The molecule has 22 heavy (non-hydrogen) atoms. The van der Waals surface area contributed by atoms with Crippen LogP contribution in [0.15, 0.2) is 72.9 Å². The van der Waals surface area contributed by atoms with Crippen LogP contribution in [0.5, 0.6) is 0 Å². The number of hydrogen-bond donors (Lipinski definition) is 1. The largest absolute Gasteiger partial charge is 0.348 e. The Labute approximate surface area is 129 Å². The number of amides is 1. The number of anilines is 2. The molecule has 0 unspecified atom stereocenters. The van der Waals surface area contributed by atoms with Gasteiger partial charge < -0.3 is 4.98 Å². The number of carbonyl (C=O) groups is 1. The van der Waals surface area contributed by atoms with Crippen LogP contribution in [0.25, 0.3) is 0 Å². The molecule has 3 nitrogen and oxygen atoms in total. The number of H-pyrrole nitrogens is 1. The van der Waals surface area contributed by atoms with Crippen molar-refractivity contribution in [3.8, 4) is 11.8 Å². The molecule has 1 N–H and O–H groups in total. The van der Waals surface area contributed by atoms with Gasteiger partial charge in [0.15, 0.2) is 0 Å². The molecule has 0 aliphatic heterocycles. The van der Waals surface area contributed by atoms with Gasteiger partial charge in [0, 0.05) is 17.3 Å². The molecular formula is C19H14N2O. The van der Waals surface area contributed by atoms with E-state index < -0.39 is 0 Å². The zero-order chi connectivity index (χ0) is 15.2. The van der Waals surface area contributed by atoms with Crippen LogP contribution in [0.2, 0.25) is 0 Å². The van der Waals surface area contributed by atoms with E-state index in [1.165, 1.54) is 0 Å². The third-order valence-electron chi connectivity index (χ3n) is 3.22. The zero-order valence-electron chi connectivity index (χ0n) is 11.9. The molecule has 0 fully saturated rings. The Morgan fingerprint density at radius 1 is 0.818 bits per heavy atom. The van der Waals surface area contributed by atoms with E-state index in [2.05, 4.69) is 16.8 Å². The molecule has 0 radical (unpaired) electrons. The summed E-state index contributed by atoms with van der Waals surface area (Å²) in [5, 5.41) is 0. The number of aromatic amines is 1. The van der Waals surface area contributed by atoms with Crippen LogP contribution < -0.4 is 4.90 Å². The van der Waals surface area contributed by atoms with Gasteiger partial charge in [-0.05, 0) is 48.5 Å². The van der Waals surface area contributed by atoms with Gasteiger partial charge >= 0.3 is 0 Å². The molecule has 0 atom stereocenters. The number of rotatable bonds is 3. The predicted octanol–water partition coefficient (Wildman–Crippen LogP) is 3.71. The zero-order valence-corrected chi connectivity index (χ0v) is 11.9. The van der Waals surface area contributed by atoms with E-state index in [1.54, 1.807) is 11.1 Å². The van der Waals surface area contributed by atoms with Gasteiger partial charge in [-0.15, -0.1) is 0 Å². The summed E-state index contributed by atoms with van der Waals surface area (Å²) in [6.45, 7) is 0. The fraction of sp³-hybridized carbons (Fsp3) is 0. The van der Waals surface area contributed by atoms with Crippen LogP contribution in [0, 0.1) is 11.8 Å². The SMILES string of the molecule is O=CN(c1ccc(C#Cc2ccccc2)cc1)c1ccc[nH]1. The lowest BCUT2D eigenvalue weighted by molar-refractivity contribution is -0.106. The maximum Gasteiger partial charge on any atom is 0.219 e. The van der Waals surface area contributed by atoms with Crippen molar-refractivity contribution in [3.05, 3.63) is 84.1 Å². The van der Waals surface area contributed by atoms with Crippen molar-refractivity contribution in [1.82, 2.24) is 4.98 Å². The fourth-order valence-corrected chi connectivity index (χ4v) is 2.10. The van der Waals surface area contributed by atoms with Crippen LogP contribution in [-0.4, -0.2) is 11.4 Å². The lowest BCUT2D eigenvalue weighted by Gasteiger charge is -2.15. The summed E-state index contributed by atoms with van der Waals surface area (Å²) in [7, 11) is 0. The number of carbonyl (C=O) groups excluding carboxylic acids is 1. The van der Waals surface area contributed by atoms with Crippen molar-refractivity contribution < 1.29 is 4.79 Å². The third-order valence-corrected chi connectivity index (χ3v) is 3.22. The highest BCUT2D eigenvalue weighted by Gasteiger charge is 2.07. The number of nitrogens with zero attached hydrogens (tertiary/aromatic N) is 1. The van der Waals surface area contributed by atoms with Gasteiger partial charge in [0.2, 0.25) is 6.41 Å². The first-order valence-electron chi connectivity index (χ1n) is 6.92. The molecule has 3 heteroatoms. The summed E-state index contributed by atoms with van der Waals surface area (Å²) in [4.78, 5) is 15.8. The van der Waals surface area contributed by atoms with E-state index in [0.29, 0.717) is 0 Å². The van der Waals surface area contributed by atoms with Crippen molar-refractivity contribution in [2.24, 2.45) is 0 Å². The highest BCUT2D eigenvalue weighted by Crippen LogP contribution is 2.22. The molecular weight excluding hydrogens is 272 g/mol. The standard InChI is InChI=1S/C19H14N2O/c22-15-21(19-7-4-14-20-19)18-12-10-17(11-13-18)9-8-16-5-2-1-3-6-16/h1-7,10-15,20H. The smallest absolute Gasteiger partial charge is 0.219 e. The number of aromatic nitrogens is 1. The lowest BCUT2D eigenvalue weighted by atomic mass is 10.1. The molecule has 0 spiro atoms. The summed E-state index contributed by atoms with van der Waals surface area (Å²) in [6.07, 6.45) is 2.57. The van der Waals surface area contributed by atoms with E-state index in [4.69, 9.17) is 0 Å². The molecule has 1 amide bonds. The Hall–Kier alpha value is -3.25. The maximum absolute atomic E-state index is 11.3. The van der Waals surface area contributed by atoms with Gasteiger partial charge in [0.1, 0.15) is 5.82 Å². The van der Waals surface area contributed by atoms with Crippen molar-refractivity contribution in [3.63, 3.8) is 0 Å². The van der Waals surface area contributed by atoms with Gasteiger partial charge in [-0.1, -0.05) is 30.0 Å². The van der Waals surface area contributed by atoms with Crippen molar-refractivity contribution >= 4 is 17.9 Å². The molecule has 0 saturated carbocycles. The highest BCUT2D eigenvalue weighted by molar-refractivity contribution is 5.84. The first kappa shape index (κ1) is 13.7. The van der Waals surface area contributed by atoms with E-state index in [0.717, 1.165) is 29.0 Å². The first-order chi connectivity index (χ1) is 10.9. The van der Waals surface area contributed by atoms with Gasteiger partial charge in [0.05, 0.1) is 5.69 Å². The van der Waals surface area contributed by atoms with Crippen LogP contribution in [0.3, 0.4) is 0 Å². The normalized spacial score (nSPS) is 9.64. The Balaban J connectivity index is 1.81. The van der Waals surface area contributed by atoms with Gasteiger partial charge in [-0.3, -0.25) is 9.69 Å². The van der Waals surface area contributed by atoms with E-state index in [9.17, 15) is 4.79 Å². The number of nitrogens with one attached hydrogen (secondary N) is 1. The second-order valence-corrected chi connectivity index (χ2v) is 4.69. The summed E-state index contributed by atoms with van der Waals surface area (Å²) in [6, 6.07) is 21.1. The minimum atomic E-state index is 0.734. The minimum absolute atomic E-state index is 0.734. The first-order valence-corrected chi connectivity index (χ1v) is 6.92. The summed E-state index contributed by atoms with van der Waals surface area (Å²) in [5.41, 5.74) is 2.68. The Bertz CT molecular complexity index is 794. The molecule has 1 aromatic heterocycles. The molecule has 0 aliphatic carbocycles. The second-order valence-electron chi connectivity index (χ2n) is 4.69. The van der Waals surface area contributed by atoms with Crippen molar-refractivity contribution in [2.75, 3.05) is 4.90 Å². The number of hydrogen-bond acceptors (Lipinski definition) is 1. The molecule has 3 rings (SSSR count). The van der Waals surface area contributed by atoms with Crippen LogP contribution in [0.4, 0.5) is 11.5 Å². The van der Waals surface area contributed by atoms with Gasteiger partial charge in [0.25, 0.3) is 0 Å². The highest BCUT2D eigenvalue weighted by atomic mass is 16.1. The third kappa shape index (κ3) is 3.08. The van der Waals surface area contributed by atoms with Gasteiger partial charge in [-0.2, -0.15) is 0 Å². The number of benzene rings is 2. The molecule has 106 valence electrons. The summed E-state index contributed by atoms with van der Waals surface area (Å²) >= 11 is 0. The average molecular weight is 286 g/mol. The predicted molar refractivity (Wildman–Crippen MR) is 87.9 cm³/mol. The average Bonchev–Trinajstić information content (AvgIpc) is 3.10.